The minimum Gasteiger partial charge on any atom is -0.449 e. The molecule has 1 aliphatic rings. The summed E-state index contributed by atoms with van der Waals surface area (Å²) < 4.78 is 27.3. The van der Waals surface area contributed by atoms with Gasteiger partial charge in [0.15, 0.2) is 14.9 Å². The minimum atomic E-state index is -2.96. The number of rotatable bonds is 3. The second-order valence-electron chi connectivity index (χ2n) is 4.69. The summed E-state index contributed by atoms with van der Waals surface area (Å²) in [5.41, 5.74) is 0. The summed E-state index contributed by atoms with van der Waals surface area (Å²) >= 11 is 4.90. The van der Waals surface area contributed by atoms with E-state index in [2.05, 4.69) is 10.6 Å². The van der Waals surface area contributed by atoms with Gasteiger partial charge in [-0.3, -0.25) is 5.32 Å². The van der Waals surface area contributed by atoms with Crippen molar-refractivity contribution in [3.05, 3.63) is 0 Å². The van der Waals surface area contributed by atoms with Crippen LogP contribution in [0.4, 0.5) is 4.79 Å². The molecule has 0 spiro atoms. The van der Waals surface area contributed by atoms with Crippen LogP contribution in [0.25, 0.3) is 0 Å². The predicted octanol–water partition coefficient (Wildman–Crippen LogP) is 0.430. The summed E-state index contributed by atoms with van der Waals surface area (Å²) in [5, 5.41) is 5.25. The molecule has 1 atom stereocenters. The lowest BCUT2D eigenvalue weighted by Crippen LogP contribution is -2.45. The van der Waals surface area contributed by atoms with E-state index in [-0.39, 0.29) is 28.6 Å². The fraction of sp³-hybridized carbons (Fsp3) is 0.800. The molecule has 0 aromatic carbocycles. The van der Waals surface area contributed by atoms with Crippen LogP contribution in [-0.2, 0) is 14.6 Å². The molecule has 1 unspecified atom stereocenters. The highest BCUT2D eigenvalue weighted by Crippen LogP contribution is 2.10. The van der Waals surface area contributed by atoms with Gasteiger partial charge in [-0.05, 0) is 24.6 Å². The summed E-state index contributed by atoms with van der Waals surface area (Å²) in [6.45, 7) is 4.16. The molecule has 0 bridgehead atoms. The number of thiocarbonyl (C=S) groups is 1. The van der Waals surface area contributed by atoms with Gasteiger partial charge in [-0.2, -0.15) is 0 Å². The molecule has 0 aromatic rings. The Balaban J connectivity index is 2.28. The number of ether oxygens (including phenoxy) is 1. The molecule has 0 radical (unpaired) electrons. The Hall–Kier alpha value is -0.890. The molecular weight excluding hydrogens is 276 g/mol. The van der Waals surface area contributed by atoms with Crippen LogP contribution >= 0.6 is 12.2 Å². The zero-order valence-electron chi connectivity index (χ0n) is 10.4. The number of hydrogen-bond acceptors (Lipinski definition) is 5. The van der Waals surface area contributed by atoms with Crippen molar-refractivity contribution < 1.29 is 17.9 Å². The molecule has 0 aliphatic carbocycles. The van der Waals surface area contributed by atoms with Crippen molar-refractivity contribution in [1.82, 2.24) is 10.6 Å². The van der Waals surface area contributed by atoms with Gasteiger partial charge in [0.25, 0.3) is 0 Å². The third-order valence-corrected chi connectivity index (χ3v) is 4.32. The summed E-state index contributed by atoms with van der Waals surface area (Å²) in [5.74, 6) is 0.457. The lowest BCUT2D eigenvalue weighted by Gasteiger charge is -2.14. The van der Waals surface area contributed by atoms with Gasteiger partial charge < -0.3 is 10.1 Å². The van der Waals surface area contributed by atoms with Crippen molar-refractivity contribution in [2.45, 2.75) is 26.3 Å². The number of sulfone groups is 1. The van der Waals surface area contributed by atoms with Crippen molar-refractivity contribution in [2.24, 2.45) is 5.92 Å². The van der Waals surface area contributed by atoms with Crippen molar-refractivity contribution in [3.8, 4) is 0 Å². The first-order valence-electron chi connectivity index (χ1n) is 5.73. The molecule has 1 heterocycles. The van der Waals surface area contributed by atoms with Crippen LogP contribution in [0.5, 0.6) is 0 Å². The number of alkyl carbamates (subject to hydrolysis) is 1. The number of nitrogens with one attached hydrogen (secondary N) is 2. The van der Waals surface area contributed by atoms with Crippen molar-refractivity contribution in [2.75, 3.05) is 18.1 Å². The molecule has 1 aliphatic heterocycles. The van der Waals surface area contributed by atoms with E-state index >= 15 is 0 Å². The van der Waals surface area contributed by atoms with E-state index in [0.29, 0.717) is 13.0 Å². The van der Waals surface area contributed by atoms with Crippen LogP contribution in [0.3, 0.4) is 0 Å². The zero-order valence-corrected chi connectivity index (χ0v) is 12.1. The Morgan fingerprint density at radius 1 is 1.50 bits per heavy atom. The number of amides is 1. The maximum Gasteiger partial charge on any atom is 0.413 e. The Bertz CT molecular complexity index is 420. The van der Waals surface area contributed by atoms with Gasteiger partial charge in [0.2, 0.25) is 0 Å². The summed E-state index contributed by atoms with van der Waals surface area (Å²) in [4.78, 5) is 11.3. The van der Waals surface area contributed by atoms with Gasteiger partial charge in [-0.15, -0.1) is 0 Å². The first-order chi connectivity index (χ1) is 8.28. The Kier molecular flexibility index (Phi) is 5.33. The number of carbonyl (C=O) groups is 1. The number of hydrogen-bond donors (Lipinski definition) is 2. The van der Waals surface area contributed by atoms with Gasteiger partial charge in [-0.1, -0.05) is 13.8 Å². The van der Waals surface area contributed by atoms with Crippen molar-refractivity contribution in [3.63, 3.8) is 0 Å². The van der Waals surface area contributed by atoms with E-state index in [0.717, 1.165) is 0 Å². The van der Waals surface area contributed by atoms with E-state index in [4.69, 9.17) is 17.0 Å². The van der Waals surface area contributed by atoms with E-state index in [1.807, 2.05) is 13.8 Å². The molecule has 1 fully saturated rings. The third-order valence-electron chi connectivity index (χ3n) is 2.33. The van der Waals surface area contributed by atoms with Gasteiger partial charge in [0.05, 0.1) is 18.1 Å². The summed E-state index contributed by atoms with van der Waals surface area (Å²) in [6.07, 6.45) is -0.118. The fourth-order valence-electron chi connectivity index (χ4n) is 1.50. The molecule has 18 heavy (non-hydrogen) atoms. The molecule has 1 saturated heterocycles. The van der Waals surface area contributed by atoms with Crippen LogP contribution in [0.15, 0.2) is 0 Å². The average molecular weight is 294 g/mol. The third kappa shape index (κ3) is 5.63. The van der Waals surface area contributed by atoms with Crippen LogP contribution in [0.1, 0.15) is 20.3 Å². The molecule has 8 heteroatoms. The summed E-state index contributed by atoms with van der Waals surface area (Å²) in [7, 11) is -2.96. The molecule has 0 aromatic heterocycles. The maximum absolute atomic E-state index is 11.3. The van der Waals surface area contributed by atoms with Crippen LogP contribution < -0.4 is 10.6 Å². The van der Waals surface area contributed by atoms with E-state index < -0.39 is 15.9 Å². The maximum atomic E-state index is 11.3. The van der Waals surface area contributed by atoms with E-state index in [1.54, 1.807) is 0 Å². The Labute approximate surface area is 112 Å². The quantitative estimate of drug-likeness (QED) is 0.734. The highest BCUT2D eigenvalue weighted by molar-refractivity contribution is 7.91. The normalized spacial score (nSPS) is 21.6. The lowest BCUT2D eigenvalue weighted by atomic mass is 10.2. The van der Waals surface area contributed by atoms with Gasteiger partial charge in [0, 0.05) is 6.04 Å². The van der Waals surface area contributed by atoms with Gasteiger partial charge in [-0.25, -0.2) is 13.2 Å². The highest BCUT2D eigenvalue weighted by atomic mass is 32.2. The molecule has 0 saturated carbocycles. The van der Waals surface area contributed by atoms with E-state index in [9.17, 15) is 13.2 Å². The van der Waals surface area contributed by atoms with Crippen LogP contribution in [-0.4, -0.2) is 43.8 Å². The smallest absolute Gasteiger partial charge is 0.413 e. The van der Waals surface area contributed by atoms with E-state index in [1.165, 1.54) is 0 Å². The first-order valence-corrected chi connectivity index (χ1v) is 7.96. The predicted molar refractivity (Wildman–Crippen MR) is 72.1 cm³/mol. The van der Waals surface area contributed by atoms with Gasteiger partial charge in [0.1, 0.15) is 0 Å². The first kappa shape index (κ1) is 15.2. The lowest BCUT2D eigenvalue weighted by molar-refractivity contribution is 0.138. The van der Waals surface area contributed by atoms with Crippen molar-refractivity contribution >= 4 is 33.3 Å². The minimum absolute atomic E-state index is 0.0515. The molecule has 104 valence electrons. The molecule has 1 amide bonds. The number of carbonyl (C=O) groups excluding carboxylic acids is 1. The summed E-state index contributed by atoms with van der Waals surface area (Å²) in [6, 6.07) is -0.229. The standard InChI is InChI=1S/C10H18N2O4S2/c1-7(2)5-16-10(13)12-9(17)11-8-3-4-18(14,15)6-8/h7-8H,3-6H2,1-2H3,(H2,11,12,13,17). The fourth-order valence-corrected chi connectivity index (χ4v) is 3.42. The van der Waals surface area contributed by atoms with Crippen LogP contribution in [0.2, 0.25) is 0 Å². The van der Waals surface area contributed by atoms with Crippen molar-refractivity contribution in [1.29, 1.82) is 0 Å². The average Bonchev–Trinajstić information content (AvgIpc) is 2.54. The Morgan fingerprint density at radius 2 is 2.17 bits per heavy atom. The molecule has 1 rings (SSSR count). The SMILES string of the molecule is CC(C)COC(=O)NC(=S)NC1CCS(=O)(=O)C1. The molecule has 6 nitrogen and oxygen atoms in total. The van der Waals surface area contributed by atoms with Gasteiger partial charge >= 0.3 is 6.09 Å². The largest absolute Gasteiger partial charge is 0.449 e. The Morgan fingerprint density at radius 3 is 2.67 bits per heavy atom. The van der Waals surface area contributed by atoms with Crippen LogP contribution in [0, 0.1) is 5.92 Å². The highest BCUT2D eigenvalue weighted by Gasteiger charge is 2.28. The molecule has 2 N–H and O–H groups in total. The topological polar surface area (TPSA) is 84.5 Å². The monoisotopic (exact) mass is 294 g/mol. The second kappa shape index (κ2) is 6.33. The zero-order chi connectivity index (χ0) is 13.8. The second-order valence-corrected chi connectivity index (χ2v) is 7.33. The molecular formula is C10H18N2O4S2.